The highest BCUT2D eigenvalue weighted by atomic mass is 16.3. The van der Waals surface area contributed by atoms with Gasteiger partial charge in [0.15, 0.2) is 5.78 Å². The second-order valence-corrected chi connectivity index (χ2v) is 4.80. The molecule has 0 aliphatic heterocycles. The van der Waals surface area contributed by atoms with Crippen molar-refractivity contribution in [1.82, 2.24) is 5.32 Å². The molecule has 0 aliphatic rings. The molecule has 0 spiro atoms. The van der Waals surface area contributed by atoms with E-state index in [0.717, 1.165) is 5.76 Å². The third-order valence-corrected chi connectivity index (χ3v) is 3.09. The largest absolute Gasteiger partial charge is 0.468 e. The Hall–Kier alpha value is -2.40. The quantitative estimate of drug-likeness (QED) is 0.801. The van der Waals surface area contributed by atoms with Gasteiger partial charge in [0.2, 0.25) is 5.91 Å². The molecular formula is C16H18N2O3. The van der Waals surface area contributed by atoms with Gasteiger partial charge < -0.3 is 9.73 Å². The molecule has 0 unspecified atom stereocenters. The van der Waals surface area contributed by atoms with Gasteiger partial charge in [0.25, 0.3) is 0 Å². The normalized spacial score (nSPS) is 11.9. The summed E-state index contributed by atoms with van der Waals surface area (Å²) in [6.45, 7) is 3.57. The Labute approximate surface area is 123 Å². The Bertz CT molecular complexity index is 620. The lowest BCUT2D eigenvalue weighted by Crippen LogP contribution is -2.30. The molecule has 0 aliphatic carbocycles. The Kier molecular flexibility index (Phi) is 4.90. The second kappa shape index (κ2) is 6.85. The number of ketones is 1. The van der Waals surface area contributed by atoms with Crippen LogP contribution in [0, 0.1) is 0 Å². The molecular weight excluding hydrogens is 268 g/mol. The smallest absolute Gasteiger partial charge is 0.238 e. The fraction of sp³-hybridized carbons (Fsp3) is 0.250. The summed E-state index contributed by atoms with van der Waals surface area (Å²) < 4.78 is 5.26. The zero-order valence-electron chi connectivity index (χ0n) is 12.1. The molecule has 0 saturated heterocycles. The molecule has 2 aromatic rings. The molecule has 0 saturated carbocycles. The van der Waals surface area contributed by atoms with Crippen LogP contribution in [0.2, 0.25) is 0 Å². The summed E-state index contributed by atoms with van der Waals surface area (Å²) in [5.74, 6) is 0.575. The predicted octanol–water partition coefficient (Wildman–Crippen LogP) is 2.77. The van der Waals surface area contributed by atoms with Gasteiger partial charge in [-0.05, 0) is 38.1 Å². The summed E-state index contributed by atoms with van der Waals surface area (Å²) in [6, 6.07) is 10.5. The van der Waals surface area contributed by atoms with E-state index in [1.807, 2.05) is 13.0 Å². The van der Waals surface area contributed by atoms with Crippen molar-refractivity contribution in [3.8, 4) is 0 Å². The van der Waals surface area contributed by atoms with Crippen molar-refractivity contribution in [1.29, 1.82) is 0 Å². The zero-order chi connectivity index (χ0) is 15.2. The number of anilines is 1. The van der Waals surface area contributed by atoms with Crippen molar-refractivity contribution in [2.75, 3.05) is 11.9 Å². The van der Waals surface area contributed by atoms with E-state index in [-0.39, 0.29) is 24.3 Å². The Balaban J connectivity index is 1.87. The molecule has 1 aromatic heterocycles. The number of amides is 1. The van der Waals surface area contributed by atoms with E-state index in [0.29, 0.717) is 11.3 Å². The molecule has 1 aromatic carbocycles. The summed E-state index contributed by atoms with van der Waals surface area (Å²) in [4.78, 5) is 23.2. The molecule has 5 nitrogen and oxygen atoms in total. The van der Waals surface area contributed by atoms with Gasteiger partial charge in [-0.2, -0.15) is 0 Å². The average molecular weight is 286 g/mol. The van der Waals surface area contributed by atoms with Gasteiger partial charge in [0.05, 0.1) is 18.8 Å². The number of carbonyl (C=O) groups is 2. The molecule has 2 rings (SSSR count). The van der Waals surface area contributed by atoms with Gasteiger partial charge in [-0.15, -0.1) is 0 Å². The zero-order valence-corrected chi connectivity index (χ0v) is 12.1. The number of Topliss-reactive ketones (excluding diaryl/α,β-unsaturated/α-hetero) is 1. The minimum Gasteiger partial charge on any atom is -0.468 e. The van der Waals surface area contributed by atoms with Gasteiger partial charge >= 0.3 is 0 Å². The van der Waals surface area contributed by atoms with Crippen molar-refractivity contribution in [2.24, 2.45) is 0 Å². The van der Waals surface area contributed by atoms with Crippen LogP contribution in [-0.2, 0) is 4.79 Å². The maximum Gasteiger partial charge on any atom is 0.238 e. The summed E-state index contributed by atoms with van der Waals surface area (Å²) in [5.41, 5.74) is 1.19. The van der Waals surface area contributed by atoms with E-state index >= 15 is 0 Å². The van der Waals surface area contributed by atoms with E-state index in [1.54, 1.807) is 36.6 Å². The first-order valence-electron chi connectivity index (χ1n) is 6.74. The van der Waals surface area contributed by atoms with Crippen molar-refractivity contribution >= 4 is 17.4 Å². The molecule has 1 amide bonds. The van der Waals surface area contributed by atoms with Crippen molar-refractivity contribution in [3.05, 3.63) is 54.0 Å². The van der Waals surface area contributed by atoms with Gasteiger partial charge in [-0.1, -0.05) is 12.1 Å². The van der Waals surface area contributed by atoms with Gasteiger partial charge in [-0.3, -0.25) is 14.9 Å². The SMILES string of the molecule is CC(=O)c1cccc(NC(=O)CN[C@H](C)c2ccco2)c1. The molecule has 21 heavy (non-hydrogen) atoms. The molecule has 110 valence electrons. The Morgan fingerprint density at radius 1 is 1.24 bits per heavy atom. The second-order valence-electron chi connectivity index (χ2n) is 4.80. The van der Waals surface area contributed by atoms with E-state index < -0.39 is 0 Å². The molecule has 5 heteroatoms. The summed E-state index contributed by atoms with van der Waals surface area (Å²) in [7, 11) is 0. The van der Waals surface area contributed by atoms with Crippen molar-refractivity contribution < 1.29 is 14.0 Å². The number of rotatable bonds is 6. The minimum atomic E-state index is -0.172. The topological polar surface area (TPSA) is 71.3 Å². The van der Waals surface area contributed by atoms with Gasteiger partial charge in [0, 0.05) is 11.3 Å². The molecule has 1 atom stereocenters. The molecule has 0 radical (unpaired) electrons. The van der Waals surface area contributed by atoms with Crippen LogP contribution in [0.1, 0.15) is 36.0 Å². The first-order valence-corrected chi connectivity index (χ1v) is 6.74. The first kappa shape index (κ1) is 15.0. The van der Waals surface area contributed by atoms with Gasteiger partial charge in [-0.25, -0.2) is 0 Å². The Morgan fingerprint density at radius 3 is 2.71 bits per heavy atom. The number of furan rings is 1. The highest BCUT2D eigenvalue weighted by Crippen LogP contribution is 2.13. The lowest BCUT2D eigenvalue weighted by Gasteiger charge is -2.11. The maximum absolute atomic E-state index is 11.9. The highest BCUT2D eigenvalue weighted by molar-refractivity contribution is 5.97. The molecule has 0 fully saturated rings. The predicted molar refractivity (Wildman–Crippen MR) is 80.2 cm³/mol. The van der Waals surface area contributed by atoms with Crippen LogP contribution in [0.15, 0.2) is 47.1 Å². The van der Waals surface area contributed by atoms with Crippen LogP contribution in [-0.4, -0.2) is 18.2 Å². The number of benzene rings is 1. The van der Waals surface area contributed by atoms with Crippen molar-refractivity contribution in [3.63, 3.8) is 0 Å². The average Bonchev–Trinajstić information content (AvgIpc) is 2.99. The van der Waals surface area contributed by atoms with Crippen LogP contribution in [0.4, 0.5) is 5.69 Å². The molecule has 1 heterocycles. The van der Waals surface area contributed by atoms with Crippen molar-refractivity contribution in [2.45, 2.75) is 19.9 Å². The lowest BCUT2D eigenvalue weighted by molar-refractivity contribution is -0.115. The van der Waals surface area contributed by atoms with E-state index in [4.69, 9.17) is 4.42 Å². The minimum absolute atomic E-state index is 0.0318. The lowest BCUT2D eigenvalue weighted by atomic mass is 10.1. The van der Waals surface area contributed by atoms with Crippen LogP contribution >= 0.6 is 0 Å². The number of hydrogen-bond donors (Lipinski definition) is 2. The van der Waals surface area contributed by atoms with Crippen LogP contribution < -0.4 is 10.6 Å². The molecule has 2 N–H and O–H groups in total. The maximum atomic E-state index is 11.9. The number of hydrogen-bond acceptors (Lipinski definition) is 4. The number of nitrogens with one attached hydrogen (secondary N) is 2. The summed E-state index contributed by atoms with van der Waals surface area (Å²) >= 11 is 0. The Morgan fingerprint density at radius 2 is 2.05 bits per heavy atom. The van der Waals surface area contributed by atoms with Crippen LogP contribution in [0.5, 0.6) is 0 Å². The molecule has 0 bridgehead atoms. The standard InChI is InChI=1S/C16H18N2O3/c1-11(15-7-4-8-21-15)17-10-16(20)18-14-6-3-5-13(9-14)12(2)19/h3-9,11,17H,10H2,1-2H3,(H,18,20)/t11-/m1/s1. The van der Waals surface area contributed by atoms with E-state index in [9.17, 15) is 9.59 Å². The fourth-order valence-corrected chi connectivity index (χ4v) is 1.91. The van der Waals surface area contributed by atoms with Crippen LogP contribution in [0.25, 0.3) is 0 Å². The van der Waals surface area contributed by atoms with E-state index in [1.165, 1.54) is 6.92 Å². The number of carbonyl (C=O) groups excluding carboxylic acids is 2. The summed E-state index contributed by atoms with van der Waals surface area (Å²) in [5, 5.41) is 5.82. The fourth-order valence-electron chi connectivity index (χ4n) is 1.91. The summed E-state index contributed by atoms with van der Waals surface area (Å²) in [6.07, 6.45) is 1.60. The van der Waals surface area contributed by atoms with E-state index in [2.05, 4.69) is 10.6 Å². The first-order chi connectivity index (χ1) is 10.1. The monoisotopic (exact) mass is 286 g/mol. The van der Waals surface area contributed by atoms with Crippen LogP contribution in [0.3, 0.4) is 0 Å². The highest BCUT2D eigenvalue weighted by Gasteiger charge is 2.10. The third-order valence-electron chi connectivity index (χ3n) is 3.09. The van der Waals surface area contributed by atoms with Gasteiger partial charge in [0.1, 0.15) is 5.76 Å². The third kappa shape index (κ3) is 4.29.